The Labute approximate surface area is 174 Å². The third-order valence-electron chi connectivity index (χ3n) is 4.75. The summed E-state index contributed by atoms with van der Waals surface area (Å²) in [6, 6.07) is 13.5. The van der Waals surface area contributed by atoms with E-state index in [2.05, 4.69) is 9.82 Å². The van der Waals surface area contributed by atoms with Crippen molar-refractivity contribution in [2.75, 3.05) is 0 Å². The molecule has 4 aromatic rings. The smallest absolute Gasteiger partial charge is 0.217 e. The fraction of sp³-hybridized carbons (Fsp3) is 0.238. The van der Waals surface area contributed by atoms with Gasteiger partial charge in [0.15, 0.2) is 0 Å². The lowest BCUT2D eigenvalue weighted by atomic mass is 10.1. The minimum Gasteiger partial charge on any atom is -0.217 e. The predicted molar refractivity (Wildman–Crippen MR) is 116 cm³/mol. The summed E-state index contributed by atoms with van der Waals surface area (Å²) in [5.41, 5.74) is 4.91. The molecule has 4 rings (SSSR count). The van der Waals surface area contributed by atoms with Crippen LogP contribution in [0.15, 0.2) is 47.4 Å². The van der Waals surface area contributed by atoms with Crippen molar-refractivity contribution in [1.29, 1.82) is 0 Å². The molecule has 0 aliphatic carbocycles. The summed E-state index contributed by atoms with van der Waals surface area (Å²) in [7, 11) is -3.69. The summed E-state index contributed by atoms with van der Waals surface area (Å²) in [6.07, 6.45) is 0. The van der Waals surface area contributed by atoms with Gasteiger partial charge in [0.05, 0.1) is 22.8 Å². The molecule has 0 atom stereocenters. The molecule has 0 fully saturated rings. The van der Waals surface area contributed by atoms with E-state index < -0.39 is 10.0 Å². The summed E-state index contributed by atoms with van der Waals surface area (Å²) in [5, 5.41) is 5.39. The Morgan fingerprint density at radius 1 is 1.03 bits per heavy atom. The molecule has 8 heteroatoms. The molecule has 0 saturated carbocycles. The molecule has 0 amide bonds. The lowest BCUT2D eigenvalue weighted by Crippen LogP contribution is -2.26. The second kappa shape index (κ2) is 7.37. The number of nitrogens with one attached hydrogen (secondary N) is 1. The lowest BCUT2D eigenvalue weighted by Gasteiger charge is -2.13. The molecule has 0 spiro atoms. The van der Waals surface area contributed by atoms with Gasteiger partial charge in [-0.2, -0.15) is 5.10 Å². The molecule has 2 heterocycles. The van der Waals surface area contributed by atoms with Crippen molar-refractivity contribution in [3.05, 3.63) is 69.9 Å². The average Bonchev–Trinajstić information content (AvgIpc) is 3.15. The van der Waals surface area contributed by atoms with Crippen LogP contribution in [-0.2, 0) is 16.6 Å². The van der Waals surface area contributed by atoms with E-state index in [1.165, 1.54) is 11.3 Å². The Hall–Kier alpha value is -2.55. The largest absolute Gasteiger partial charge is 0.241 e. The maximum absolute atomic E-state index is 13.1. The second-order valence-corrected chi connectivity index (χ2v) is 10.0. The van der Waals surface area contributed by atoms with E-state index in [1.54, 1.807) is 4.52 Å². The number of fused-ring (bicyclic) bond motifs is 1. The van der Waals surface area contributed by atoms with Crippen LogP contribution < -0.4 is 4.72 Å². The molecule has 2 aromatic heterocycles. The van der Waals surface area contributed by atoms with Crippen molar-refractivity contribution in [2.24, 2.45) is 0 Å². The van der Waals surface area contributed by atoms with Crippen molar-refractivity contribution in [3.8, 4) is 11.3 Å². The van der Waals surface area contributed by atoms with Crippen LogP contribution in [-0.4, -0.2) is 23.0 Å². The average molecular weight is 427 g/mol. The van der Waals surface area contributed by atoms with Gasteiger partial charge >= 0.3 is 0 Å². The first-order chi connectivity index (χ1) is 13.8. The first-order valence-electron chi connectivity index (χ1n) is 9.24. The van der Waals surface area contributed by atoms with Crippen molar-refractivity contribution >= 4 is 26.3 Å². The van der Waals surface area contributed by atoms with Gasteiger partial charge in [-0.3, -0.25) is 0 Å². The minimum absolute atomic E-state index is 0.101. The molecule has 150 valence electrons. The van der Waals surface area contributed by atoms with Gasteiger partial charge in [0, 0.05) is 5.56 Å². The summed E-state index contributed by atoms with van der Waals surface area (Å²) in [5.74, 6) is 0. The third kappa shape index (κ3) is 3.71. The molecule has 0 saturated heterocycles. The van der Waals surface area contributed by atoms with Gasteiger partial charge in [-0.1, -0.05) is 59.4 Å². The number of sulfonamides is 1. The van der Waals surface area contributed by atoms with Gasteiger partial charge in [0.25, 0.3) is 0 Å². The van der Waals surface area contributed by atoms with Crippen LogP contribution in [0.4, 0.5) is 0 Å². The molecule has 0 bridgehead atoms. The highest BCUT2D eigenvalue weighted by Crippen LogP contribution is 2.28. The fourth-order valence-electron chi connectivity index (χ4n) is 3.70. The molecule has 0 aliphatic heterocycles. The van der Waals surface area contributed by atoms with E-state index in [9.17, 15) is 8.42 Å². The van der Waals surface area contributed by atoms with Gasteiger partial charge in [-0.05, 0) is 38.8 Å². The number of imidazole rings is 1. The summed E-state index contributed by atoms with van der Waals surface area (Å²) in [4.78, 5) is 5.79. The van der Waals surface area contributed by atoms with Gasteiger partial charge in [0.1, 0.15) is 5.01 Å². The zero-order valence-electron chi connectivity index (χ0n) is 16.7. The van der Waals surface area contributed by atoms with Crippen molar-refractivity contribution in [1.82, 2.24) is 19.3 Å². The summed E-state index contributed by atoms with van der Waals surface area (Å²) >= 11 is 1.48. The number of aromatic nitrogens is 3. The lowest BCUT2D eigenvalue weighted by molar-refractivity contribution is 0.578. The van der Waals surface area contributed by atoms with Gasteiger partial charge in [0.2, 0.25) is 15.0 Å². The molecule has 0 unspecified atom stereocenters. The molecule has 2 aromatic carbocycles. The number of hydrogen-bond donors (Lipinski definition) is 1. The first kappa shape index (κ1) is 19.8. The van der Waals surface area contributed by atoms with Crippen LogP contribution in [0.2, 0.25) is 0 Å². The SMILES string of the molecule is Cc1cc(C)c(S(=O)(=O)NCc2c(-c3ccccc3)nc3sc(C)nn23)c(C)c1. The highest BCUT2D eigenvalue weighted by molar-refractivity contribution is 7.89. The fourth-order valence-corrected chi connectivity index (χ4v) is 5.90. The zero-order valence-corrected chi connectivity index (χ0v) is 18.4. The van der Waals surface area contributed by atoms with E-state index in [-0.39, 0.29) is 6.54 Å². The highest BCUT2D eigenvalue weighted by atomic mass is 32.2. The van der Waals surface area contributed by atoms with Crippen molar-refractivity contribution in [2.45, 2.75) is 39.1 Å². The van der Waals surface area contributed by atoms with E-state index >= 15 is 0 Å². The topological polar surface area (TPSA) is 76.4 Å². The normalized spacial score (nSPS) is 12.0. The number of aryl methyl sites for hydroxylation is 4. The Bertz CT molecular complexity index is 1280. The Morgan fingerprint density at radius 2 is 1.69 bits per heavy atom. The van der Waals surface area contributed by atoms with Crippen molar-refractivity contribution in [3.63, 3.8) is 0 Å². The van der Waals surface area contributed by atoms with Gasteiger partial charge in [-0.25, -0.2) is 22.6 Å². The highest BCUT2D eigenvalue weighted by Gasteiger charge is 2.23. The van der Waals surface area contributed by atoms with E-state index in [0.717, 1.165) is 43.6 Å². The zero-order chi connectivity index (χ0) is 20.8. The minimum atomic E-state index is -3.69. The first-order valence-corrected chi connectivity index (χ1v) is 11.5. The number of nitrogens with zero attached hydrogens (tertiary/aromatic N) is 3. The standard InChI is InChI=1S/C21H22N4O2S2/c1-13-10-14(2)20(15(3)11-13)29(26,27)22-12-18-19(17-8-6-5-7-9-17)23-21-25(18)24-16(4)28-21/h5-11,22H,12H2,1-4H3. The van der Waals surface area contributed by atoms with Crippen LogP contribution in [0, 0.1) is 27.7 Å². The Kier molecular flexibility index (Phi) is 5.02. The number of benzene rings is 2. The molecule has 6 nitrogen and oxygen atoms in total. The molecular weight excluding hydrogens is 404 g/mol. The molecule has 29 heavy (non-hydrogen) atoms. The van der Waals surface area contributed by atoms with Crippen LogP contribution in [0.25, 0.3) is 16.2 Å². The molecule has 1 N–H and O–H groups in total. The van der Waals surface area contributed by atoms with Gasteiger partial charge in [-0.15, -0.1) is 0 Å². The maximum Gasteiger partial charge on any atom is 0.241 e. The van der Waals surface area contributed by atoms with Crippen molar-refractivity contribution < 1.29 is 8.42 Å². The predicted octanol–water partition coefficient (Wildman–Crippen LogP) is 4.17. The van der Waals surface area contributed by atoms with Crippen LogP contribution >= 0.6 is 11.3 Å². The number of hydrogen-bond acceptors (Lipinski definition) is 5. The van der Waals surface area contributed by atoms with Gasteiger partial charge < -0.3 is 0 Å². The Morgan fingerprint density at radius 3 is 2.34 bits per heavy atom. The third-order valence-corrected chi connectivity index (χ3v) is 7.28. The molecule has 0 aliphatic rings. The monoisotopic (exact) mass is 426 g/mol. The van der Waals surface area contributed by atoms with E-state index in [0.29, 0.717) is 4.90 Å². The molecular formula is C21H22N4O2S2. The van der Waals surface area contributed by atoms with Crippen LogP contribution in [0.1, 0.15) is 27.4 Å². The Balaban J connectivity index is 1.75. The molecule has 0 radical (unpaired) electrons. The quantitative estimate of drug-likeness (QED) is 0.520. The van der Waals surface area contributed by atoms with Crippen LogP contribution in [0.3, 0.4) is 0 Å². The number of rotatable bonds is 5. The second-order valence-electron chi connectivity index (χ2n) is 7.14. The maximum atomic E-state index is 13.1. The summed E-state index contributed by atoms with van der Waals surface area (Å²) in [6.45, 7) is 7.62. The van der Waals surface area contributed by atoms with E-state index in [4.69, 9.17) is 4.98 Å². The van der Waals surface area contributed by atoms with E-state index in [1.807, 2.05) is 70.2 Å². The summed E-state index contributed by atoms with van der Waals surface area (Å²) < 4.78 is 30.7. The van der Waals surface area contributed by atoms with Crippen LogP contribution in [0.5, 0.6) is 0 Å².